The number of ether oxygens (including phenoxy) is 1. The maximum absolute atomic E-state index is 14.9. The smallest absolute Gasteiger partial charge is 0.343 e. The topological polar surface area (TPSA) is 26.3 Å². The zero-order chi connectivity index (χ0) is 21.3. The Morgan fingerprint density at radius 3 is 2.23 bits per heavy atom. The normalized spacial score (nSPS) is 26.0. The first-order valence-corrected chi connectivity index (χ1v) is 10.5. The number of fused-ring (bicyclic) bond motifs is 1. The molecule has 0 bridgehead atoms. The minimum atomic E-state index is -0.877. The van der Waals surface area contributed by atoms with Crippen LogP contribution in [0.1, 0.15) is 60.4 Å². The average Bonchev–Trinajstić information content (AvgIpc) is 2.74. The van der Waals surface area contributed by atoms with Crippen LogP contribution >= 0.6 is 0 Å². The van der Waals surface area contributed by atoms with E-state index in [0.29, 0.717) is 17.8 Å². The van der Waals surface area contributed by atoms with E-state index in [1.54, 1.807) is 0 Å². The highest BCUT2D eigenvalue weighted by Gasteiger charge is 2.37. The van der Waals surface area contributed by atoms with Crippen molar-refractivity contribution in [2.24, 2.45) is 17.8 Å². The second-order valence-corrected chi connectivity index (χ2v) is 8.54. The molecule has 2 fully saturated rings. The number of hydrogen-bond acceptors (Lipinski definition) is 2. The minimum absolute atomic E-state index is 0.0811. The lowest BCUT2D eigenvalue weighted by molar-refractivity contribution is 0.0733. The van der Waals surface area contributed by atoms with Crippen molar-refractivity contribution >= 4 is 5.97 Å². The summed E-state index contributed by atoms with van der Waals surface area (Å²) < 4.78 is 47.8. The number of allylic oxidation sites excluding steroid dienone is 1. The fourth-order valence-corrected chi connectivity index (χ4v) is 5.16. The first kappa shape index (κ1) is 20.7. The number of benzene rings is 2. The average molecular weight is 414 g/mol. The molecule has 0 heterocycles. The van der Waals surface area contributed by atoms with Crippen molar-refractivity contribution in [3.8, 4) is 5.75 Å². The quantitative estimate of drug-likeness (QED) is 0.312. The van der Waals surface area contributed by atoms with Crippen LogP contribution in [-0.2, 0) is 0 Å². The zero-order valence-corrected chi connectivity index (χ0v) is 16.8. The predicted octanol–water partition coefficient (Wildman–Crippen LogP) is 6.81. The lowest BCUT2D eigenvalue weighted by Crippen LogP contribution is -2.30. The third kappa shape index (κ3) is 4.30. The summed E-state index contributed by atoms with van der Waals surface area (Å²) in [5.41, 5.74) is -0.115. The maximum atomic E-state index is 14.9. The highest BCUT2D eigenvalue weighted by molar-refractivity contribution is 5.91. The zero-order valence-electron chi connectivity index (χ0n) is 16.8. The lowest BCUT2D eigenvalue weighted by atomic mass is 9.64. The summed E-state index contributed by atoms with van der Waals surface area (Å²) in [5, 5.41) is 0. The number of carbonyl (C=O) groups excluding carboxylic acids is 1. The van der Waals surface area contributed by atoms with E-state index >= 15 is 0 Å². The van der Waals surface area contributed by atoms with Crippen molar-refractivity contribution in [1.82, 2.24) is 0 Å². The van der Waals surface area contributed by atoms with Gasteiger partial charge >= 0.3 is 5.97 Å². The summed E-state index contributed by atoms with van der Waals surface area (Å²) in [5.74, 6) is -1.16. The van der Waals surface area contributed by atoms with Crippen LogP contribution in [-0.4, -0.2) is 5.97 Å². The van der Waals surface area contributed by atoms with Gasteiger partial charge in [0.1, 0.15) is 23.2 Å². The summed E-state index contributed by atoms with van der Waals surface area (Å²) in [7, 11) is 0. The second kappa shape index (κ2) is 8.66. The summed E-state index contributed by atoms with van der Waals surface area (Å²) in [6.45, 7) is 3.91. The molecule has 2 aliphatic rings. The van der Waals surface area contributed by atoms with Crippen LogP contribution in [0, 0.1) is 35.2 Å². The van der Waals surface area contributed by atoms with Gasteiger partial charge in [-0.25, -0.2) is 18.0 Å². The molecule has 2 aromatic carbocycles. The van der Waals surface area contributed by atoms with Gasteiger partial charge < -0.3 is 4.74 Å². The molecular weight excluding hydrogens is 389 g/mol. The molecule has 2 aromatic rings. The molecule has 2 aliphatic carbocycles. The lowest BCUT2D eigenvalue weighted by Gasteiger charge is -2.41. The van der Waals surface area contributed by atoms with Crippen molar-refractivity contribution < 1.29 is 22.7 Å². The van der Waals surface area contributed by atoms with Gasteiger partial charge in [0.2, 0.25) is 0 Å². The number of halogens is 3. The van der Waals surface area contributed by atoms with E-state index < -0.39 is 23.4 Å². The summed E-state index contributed by atoms with van der Waals surface area (Å²) in [6.07, 6.45) is 7.82. The van der Waals surface area contributed by atoms with E-state index in [-0.39, 0.29) is 22.8 Å². The largest absolute Gasteiger partial charge is 0.423 e. The van der Waals surface area contributed by atoms with Gasteiger partial charge in [0, 0.05) is 5.56 Å². The van der Waals surface area contributed by atoms with Crippen LogP contribution in [0.2, 0.25) is 0 Å². The van der Waals surface area contributed by atoms with E-state index in [4.69, 9.17) is 4.74 Å². The third-order valence-electron chi connectivity index (χ3n) is 6.73. The van der Waals surface area contributed by atoms with E-state index in [1.165, 1.54) is 12.1 Å². The molecule has 0 spiro atoms. The molecule has 4 rings (SSSR count). The van der Waals surface area contributed by atoms with Crippen molar-refractivity contribution in [3.05, 3.63) is 77.6 Å². The van der Waals surface area contributed by atoms with Gasteiger partial charge in [0.05, 0.1) is 5.56 Å². The Hall–Kier alpha value is -2.56. The molecule has 2 nitrogen and oxygen atoms in total. The Bertz CT molecular complexity index is 915. The molecule has 158 valence electrons. The van der Waals surface area contributed by atoms with Crippen LogP contribution in [0.15, 0.2) is 49.1 Å². The van der Waals surface area contributed by atoms with E-state index in [0.717, 1.165) is 62.8 Å². The first-order valence-electron chi connectivity index (χ1n) is 10.5. The van der Waals surface area contributed by atoms with Crippen LogP contribution in [0.25, 0.3) is 0 Å². The van der Waals surface area contributed by atoms with Crippen LogP contribution in [0.3, 0.4) is 0 Å². The monoisotopic (exact) mass is 414 g/mol. The Kier molecular flexibility index (Phi) is 5.98. The Balaban J connectivity index is 1.48. The van der Waals surface area contributed by atoms with E-state index in [2.05, 4.69) is 6.58 Å². The van der Waals surface area contributed by atoms with Gasteiger partial charge in [-0.2, -0.15) is 0 Å². The molecule has 0 radical (unpaired) electrons. The molecule has 5 heteroatoms. The van der Waals surface area contributed by atoms with Crippen molar-refractivity contribution in [2.75, 3.05) is 0 Å². The molecule has 4 unspecified atom stereocenters. The summed E-state index contributed by atoms with van der Waals surface area (Å²) in [6, 6.07) is 6.95. The second-order valence-electron chi connectivity index (χ2n) is 8.54. The van der Waals surface area contributed by atoms with Crippen molar-refractivity contribution in [1.29, 1.82) is 0 Å². The SMILES string of the molecule is C=CC1CCC2CC(c3c(F)cc(C(=O)Oc4ccc(F)cc4)cc3F)CCC2C1. The molecule has 0 amide bonds. The Morgan fingerprint density at radius 1 is 0.933 bits per heavy atom. The molecular formula is C25H25F3O2. The Morgan fingerprint density at radius 2 is 1.57 bits per heavy atom. The molecule has 0 aromatic heterocycles. The van der Waals surface area contributed by atoms with Gasteiger partial charge in [0.25, 0.3) is 0 Å². The molecule has 30 heavy (non-hydrogen) atoms. The number of hydrogen-bond donors (Lipinski definition) is 0. The Labute approximate surface area is 174 Å². The standard InChI is InChI=1S/C25H25F3O2/c1-2-15-3-4-17-12-18(6-5-16(17)11-15)24-22(27)13-19(14-23(24)28)25(29)30-21-9-7-20(26)8-10-21/h2,7-10,13-18H,1,3-6,11-12H2. The maximum Gasteiger partial charge on any atom is 0.343 e. The first-order chi connectivity index (χ1) is 14.4. The van der Waals surface area contributed by atoms with Gasteiger partial charge in [-0.1, -0.05) is 6.08 Å². The van der Waals surface area contributed by atoms with E-state index in [9.17, 15) is 18.0 Å². The molecule has 4 atom stereocenters. The fourth-order valence-electron chi connectivity index (χ4n) is 5.16. The van der Waals surface area contributed by atoms with E-state index in [1.807, 2.05) is 6.08 Å². The highest BCUT2D eigenvalue weighted by Crippen LogP contribution is 2.48. The van der Waals surface area contributed by atoms with Gasteiger partial charge in [0.15, 0.2) is 0 Å². The van der Waals surface area contributed by atoms with Crippen LogP contribution in [0.4, 0.5) is 13.2 Å². The highest BCUT2D eigenvalue weighted by atomic mass is 19.1. The van der Waals surface area contributed by atoms with Crippen LogP contribution < -0.4 is 4.74 Å². The summed E-state index contributed by atoms with van der Waals surface area (Å²) in [4.78, 5) is 12.3. The van der Waals surface area contributed by atoms with Crippen molar-refractivity contribution in [2.45, 2.75) is 44.4 Å². The van der Waals surface area contributed by atoms with Gasteiger partial charge in [-0.05, 0) is 98.6 Å². The van der Waals surface area contributed by atoms with Gasteiger partial charge in [-0.3, -0.25) is 0 Å². The predicted molar refractivity (Wildman–Crippen MR) is 109 cm³/mol. The summed E-state index contributed by atoms with van der Waals surface area (Å²) >= 11 is 0. The molecule has 0 aliphatic heterocycles. The minimum Gasteiger partial charge on any atom is -0.423 e. The third-order valence-corrected chi connectivity index (χ3v) is 6.73. The number of esters is 1. The number of carbonyl (C=O) groups is 1. The number of rotatable bonds is 4. The van der Waals surface area contributed by atoms with Gasteiger partial charge in [-0.15, -0.1) is 6.58 Å². The fraction of sp³-hybridized carbons (Fsp3) is 0.400. The molecule has 0 N–H and O–H groups in total. The molecule has 2 saturated carbocycles. The molecule has 0 saturated heterocycles. The van der Waals surface area contributed by atoms with Crippen LogP contribution in [0.5, 0.6) is 5.75 Å². The van der Waals surface area contributed by atoms with Crippen molar-refractivity contribution in [3.63, 3.8) is 0 Å².